The van der Waals surface area contributed by atoms with Crippen molar-refractivity contribution in [1.82, 2.24) is 25.3 Å². The monoisotopic (exact) mass is 1710 g/mol. The van der Waals surface area contributed by atoms with Crippen LogP contribution in [0.5, 0.6) is 11.5 Å². The second-order valence-corrected chi connectivity index (χ2v) is 31.3. The molecule has 9 atom stereocenters. The molecule has 1 fully saturated rings. The van der Waals surface area contributed by atoms with Crippen LogP contribution in [0.15, 0.2) is 59.3 Å². The number of nitrogens with zero attached hydrogens (tertiary/aromatic N) is 5. The van der Waals surface area contributed by atoms with Gasteiger partial charge in [-0.05, 0) is 89.7 Å². The second-order valence-electron chi connectivity index (χ2n) is 28.9. The molecule has 2 aromatic heterocycles. The number of imide groups is 1. The van der Waals surface area contributed by atoms with Gasteiger partial charge in [0.15, 0.2) is 17.6 Å². The summed E-state index contributed by atoms with van der Waals surface area (Å²) >= 11 is 15.9. The van der Waals surface area contributed by atoms with Gasteiger partial charge in [0.2, 0.25) is 29.9 Å². The van der Waals surface area contributed by atoms with Gasteiger partial charge in [0.1, 0.15) is 30.7 Å². The number of carbonyl (C=O) groups excluding carboxylic acids is 10. The number of nitrogens with two attached hydrogens (primary N) is 1. The summed E-state index contributed by atoms with van der Waals surface area (Å²) in [7, 11) is 3.02. The molecule has 117 heavy (non-hydrogen) atoms. The normalized spacial score (nSPS) is 18.8. The van der Waals surface area contributed by atoms with Crippen molar-refractivity contribution in [1.29, 1.82) is 0 Å². The number of urea groups is 1. The average molecular weight is 1710 g/mol. The third-order valence-corrected chi connectivity index (χ3v) is 23.1. The molecule has 0 aliphatic carbocycles. The number of nitrogens with one attached hydrogen (secondary N) is 3. The van der Waals surface area contributed by atoms with E-state index in [1.807, 2.05) is 24.6 Å². The van der Waals surface area contributed by atoms with E-state index in [0.29, 0.717) is 91.3 Å². The van der Waals surface area contributed by atoms with Gasteiger partial charge in [0.05, 0.1) is 113 Å². The Morgan fingerprint density at radius 1 is 0.658 bits per heavy atom. The van der Waals surface area contributed by atoms with Crippen molar-refractivity contribution >= 4 is 149 Å². The minimum Gasteiger partial charge on any atom is -0.479 e. The number of aryl methyl sites for hydroxylation is 2. The number of Topliss-reactive ketones (excluding diaryl/α,β-unsaturated/α-hetero) is 1. The van der Waals surface area contributed by atoms with Crippen LogP contribution in [0.4, 0.5) is 31.4 Å². The number of likely N-dealkylation sites (N-methyl/N-ethyl adjacent to an activating group) is 2. The number of aliphatic hydroxyl groups excluding tert-OH is 3. The molecule has 640 valence electrons. The van der Waals surface area contributed by atoms with Gasteiger partial charge in [-0.3, -0.25) is 38.5 Å². The number of halogens is 2. The second kappa shape index (κ2) is 44.9. The lowest BCUT2D eigenvalue weighted by atomic mass is 9.89. The number of benzene rings is 3. The molecule has 4 aliphatic rings. The van der Waals surface area contributed by atoms with Crippen LogP contribution in [-0.4, -0.2) is 282 Å². The summed E-state index contributed by atoms with van der Waals surface area (Å²) in [5.74, 6) is -5.28. The number of amides is 10. The summed E-state index contributed by atoms with van der Waals surface area (Å²) in [6, 6.07) is 8.09. The van der Waals surface area contributed by atoms with Gasteiger partial charge < -0.3 is 109 Å². The Hall–Kier alpha value is -8.73. The lowest BCUT2D eigenvalue weighted by Gasteiger charge is -2.38. The lowest BCUT2D eigenvalue weighted by molar-refractivity contribution is -0.270. The number of alkyl halides is 2. The number of anilines is 3. The molecular formula is C79H103Cl2N9O25S2. The molecule has 4 aliphatic heterocycles. The molecule has 0 unspecified atom stereocenters. The van der Waals surface area contributed by atoms with Gasteiger partial charge in [-0.15, -0.1) is 45.9 Å². The molecule has 1 saturated heterocycles. The van der Waals surface area contributed by atoms with Crippen LogP contribution in [0.25, 0.3) is 20.2 Å². The number of ketones is 1. The first kappa shape index (κ1) is 92.2. The Morgan fingerprint density at radius 2 is 1.16 bits per heavy atom. The van der Waals surface area contributed by atoms with E-state index in [9.17, 15) is 73.2 Å². The maximum Gasteiger partial charge on any atom is 0.415 e. The zero-order chi connectivity index (χ0) is 84.6. The Balaban J connectivity index is 0.685. The minimum absolute atomic E-state index is 0.0204. The highest BCUT2D eigenvalue weighted by molar-refractivity contribution is 7.18. The van der Waals surface area contributed by atoms with Crippen LogP contribution in [0, 0.1) is 25.7 Å². The maximum absolute atomic E-state index is 14.4. The number of rotatable bonds is 47. The number of carbonyl (C=O) groups is 11. The third-order valence-electron chi connectivity index (χ3n) is 20.1. The molecule has 0 spiro atoms. The van der Waals surface area contributed by atoms with E-state index in [4.69, 9.17) is 76.3 Å². The summed E-state index contributed by atoms with van der Waals surface area (Å²) in [6.07, 6.45) is -8.04. The zero-order valence-electron chi connectivity index (χ0n) is 66.1. The van der Waals surface area contributed by atoms with Crippen molar-refractivity contribution in [3.05, 3.63) is 87.1 Å². The van der Waals surface area contributed by atoms with Gasteiger partial charge in [-0.2, -0.15) is 0 Å². The first-order valence-electron chi connectivity index (χ1n) is 38.6. The van der Waals surface area contributed by atoms with Gasteiger partial charge in [0.25, 0.3) is 11.8 Å². The molecule has 9 rings (SSSR count). The van der Waals surface area contributed by atoms with Gasteiger partial charge >= 0.3 is 24.2 Å². The van der Waals surface area contributed by atoms with Gasteiger partial charge in [0, 0.05) is 143 Å². The molecule has 38 heteroatoms. The number of carboxylic acid groups (broad SMARTS) is 1. The number of hydrogen-bond donors (Lipinski definition) is 8. The molecule has 10 amide bonds. The molecule has 0 radical (unpaired) electrons. The minimum atomic E-state index is -1.94. The molecule has 0 bridgehead atoms. The highest BCUT2D eigenvalue weighted by Gasteiger charge is 2.49. The van der Waals surface area contributed by atoms with E-state index >= 15 is 0 Å². The first-order valence-corrected chi connectivity index (χ1v) is 41.4. The van der Waals surface area contributed by atoms with Crippen molar-refractivity contribution < 1.29 is 121 Å². The van der Waals surface area contributed by atoms with Crippen LogP contribution < -0.4 is 41.0 Å². The predicted molar refractivity (Wildman–Crippen MR) is 432 cm³/mol. The van der Waals surface area contributed by atoms with Crippen molar-refractivity contribution in [2.75, 3.05) is 160 Å². The fraction of sp³-hybridized carbons (Fsp3) is 0.557. The Kier molecular flexibility index (Phi) is 35.4. The number of ether oxygens (including phenoxy) is 10. The van der Waals surface area contributed by atoms with E-state index in [1.54, 1.807) is 60.0 Å². The Morgan fingerprint density at radius 3 is 1.68 bits per heavy atom. The topological polar surface area (TPSA) is 439 Å². The van der Waals surface area contributed by atoms with E-state index in [0.717, 1.165) is 37.9 Å². The summed E-state index contributed by atoms with van der Waals surface area (Å²) in [5.41, 5.74) is 10.5. The molecule has 5 aromatic rings. The molecule has 9 N–H and O–H groups in total. The van der Waals surface area contributed by atoms with Crippen LogP contribution in [0.3, 0.4) is 0 Å². The number of thiophene rings is 2. The highest BCUT2D eigenvalue weighted by Crippen LogP contribution is 2.51. The lowest BCUT2D eigenvalue weighted by Crippen LogP contribution is -2.61. The molecular weight excluding hydrogens is 1610 g/mol. The van der Waals surface area contributed by atoms with Crippen molar-refractivity contribution in [3.63, 3.8) is 0 Å². The van der Waals surface area contributed by atoms with Crippen molar-refractivity contribution in [3.8, 4) is 11.5 Å². The molecule has 34 nitrogen and oxygen atoms in total. The number of aliphatic carboxylic acids is 1. The largest absolute Gasteiger partial charge is 0.479 e. The van der Waals surface area contributed by atoms with Crippen LogP contribution in [0.2, 0.25) is 0 Å². The molecule has 6 heterocycles. The number of carboxylic acids is 1. The standard InChI is InChI=1S/C79H103Cl2N9O25S2/c1-45(2)67(85-58(92)18-23-106-25-27-108-29-31-110-33-34-111-32-30-109-28-26-107-24-22-88-61(95)16-17-62(88)96)55(91)35-49(9-8-19-83-77(82)103)74(100)84-52-14-12-48(13-15-52)42-112-78(104)86(5)20-21-87(6)79(105)114-57-37-54-66(64-47(4)44-117-73(57)64)51(39-81)41-90(54)60(94)11-7-10-59(93)89-40-50(38-80)65-53(89)36-56(72-63(65)46(3)43-116-72)113-76-70(99)68(97)69(98)71(115-76)75(101)102/h12-17,36-37,43-45,49-51,67-71,76,97-99H,7-11,18-35,38-42H2,1-6H3,(H,84,100)(H,85,92)(H,101,102)(H3,82,83,103)/t49-,50-,51-,67+,68+,69+,70-,71+,76-/m1/s1. The van der Waals surface area contributed by atoms with Crippen molar-refractivity contribution in [2.24, 2.45) is 17.6 Å². The van der Waals surface area contributed by atoms with E-state index in [1.165, 1.54) is 58.7 Å². The fourth-order valence-corrected chi connectivity index (χ4v) is 16.3. The number of fused-ring (bicyclic) bond motifs is 6. The Labute approximate surface area is 694 Å². The fourth-order valence-electron chi connectivity index (χ4n) is 13.8. The third kappa shape index (κ3) is 25.0. The van der Waals surface area contributed by atoms with E-state index in [2.05, 4.69) is 16.0 Å². The predicted octanol–water partition coefficient (Wildman–Crippen LogP) is 6.43. The molecule has 3 aromatic carbocycles. The van der Waals surface area contributed by atoms with Crippen LogP contribution in [0.1, 0.15) is 98.4 Å². The van der Waals surface area contributed by atoms with Gasteiger partial charge in [-0.1, -0.05) is 26.0 Å². The SMILES string of the molecule is Cc1csc2c(OC(=O)N(C)CCN(C)C(=O)OCc3ccc(NC(=O)[C@H](CCCNC(N)=O)CC(=O)[C@@H](NC(=O)CCOCCOCCOCCOCCOCCOCCN4C(=O)C=CC4=O)C(C)C)cc3)cc3c(c12)[C@H](CCl)CN3C(=O)CCCC(=O)N1C[C@@H](CCl)c2c1cc(O[C@@H]1O[C@H](C(=O)O)[C@@H](O)[C@H](O)[C@H]1O)c1scc(C)c21. The summed E-state index contributed by atoms with van der Waals surface area (Å²) in [4.78, 5) is 150. The highest BCUT2D eigenvalue weighted by atomic mass is 35.5. The molecule has 0 saturated carbocycles. The van der Waals surface area contributed by atoms with E-state index in [-0.39, 0.29) is 181 Å². The van der Waals surface area contributed by atoms with Crippen LogP contribution in [-0.2, 0) is 82.9 Å². The van der Waals surface area contributed by atoms with Crippen molar-refractivity contribution in [2.45, 2.75) is 128 Å². The van der Waals surface area contributed by atoms with E-state index < -0.39 is 78.7 Å². The average Bonchev–Trinajstić information content (AvgIpc) is 1.59. The number of aliphatic hydroxyl groups is 3. The first-order chi connectivity index (χ1) is 56.1. The van der Waals surface area contributed by atoms with Crippen LogP contribution >= 0.6 is 45.9 Å². The quantitative estimate of drug-likeness (QED) is 0.0118. The zero-order valence-corrected chi connectivity index (χ0v) is 69.2. The Bertz CT molecular complexity index is 4320. The summed E-state index contributed by atoms with van der Waals surface area (Å²) < 4.78 is 57.5. The smallest absolute Gasteiger partial charge is 0.415 e. The maximum atomic E-state index is 14.4. The number of hydrogen-bond acceptors (Lipinski definition) is 26. The summed E-state index contributed by atoms with van der Waals surface area (Å²) in [5, 5.41) is 54.9. The van der Waals surface area contributed by atoms with Gasteiger partial charge in [-0.25, -0.2) is 19.2 Å². The summed E-state index contributed by atoms with van der Waals surface area (Å²) in [6.45, 7) is 11.5. The number of primary amides is 1.